The zero-order chi connectivity index (χ0) is 15.2. The Morgan fingerprint density at radius 2 is 2.24 bits per heavy atom. The summed E-state index contributed by atoms with van der Waals surface area (Å²) in [7, 11) is 0. The van der Waals surface area contributed by atoms with E-state index < -0.39 is 0 Å². The molecule has 0 spiro atoms. The molecule has 0 bridgehead atoms. The van der Waals surface area contributed by atoms with Gasteiger partial charge < -0.3 is 19.9 Å². The van der Waals surface area contributed by atoms with Gasteiger partial charge in [-0.3, -0.25) is 0 Å². The van der Waals surface area contributed by atoms with Crippen LogP contribution in [-0.2, 0) is 11.2 Å². The highest BCUT2D eigenvalue weighted by molar-refractivity contribution is 5.74. The number of rotatable bonds is 6. The van der Waals surface area contributed by atoms with Crippen LogP contribution < -0.4 is 10.6 Å². The summed E-state index contributed by atoms with van der Waals surface area (Å²) < 4.78 is 10.7. The summed E-state index contributed by atoms with van der Waals surface area (Å²) in [5.41, 5.74) is 0. The predicted molar refractivity (Wildman–Crippen MR) is 77.1 cm³/mol. The second-order valence-electron chi connectivity index (χ2n) is 5.69. The maximum atomic E-state index is 11.8. The molecule has 1 aliphatic heterocycles. The lowest BCUT2D eigenvalue weighted by Crippen LogP contribution is -2.46. The molecule has 1 saturated heterocycles. The molecule has 2 amide bonds. The first-order valence-electron chi connectivity index (χ1n) is 7.54. The quantitative estimate of drug-likeness (QED) is 0.832. The maximum Gasteiger partial charge on any atom is 0.315 e. The van der Waals surface area contributed by atoms with Crippen molar-refractivity contribution in [3.05, 3.63) is 11.7 Å². The molecule has 21 heavy (non-hydrogen) atoms. The number of urea groups is 1. The number of aromatic nitrogens is 2. The monoisotopic (exact) mass is 296 g/mol. The summed E-state index contributed by atoms with van der Waals surface area (Å²) in [5.74, 6) is 1.48. The largest absolute Gasteiger partial charge is 0.376 e. The number of hydrogen-bond donors (Lipinski definition) is 2. The first-order chi connectivity index (χ1) is 10.1. The molecule has 0 saturated carbocycles. The van der Waals surface area contributed by atoms with Crippen molar-refractivity contribution < 1.29 is 14.1 Å². The van der Waals surface area contributed by atoms with E-state index in [2.05, 4.69) is 20.8 Å². The first-order valence-corrected chi connectivity index (χ1v) is 7.54. The molecule has 1 fully saturated rings. The molecule has 1 aromatic heterocycles. The first kappa shape index (κ1) is 15.8. The van der Waals surface area contributed by atoms with Crippen molar-refractivity contribution in [3.8, 4) is 0 Å². The lowest BCUT2D eigenvalue weighted by Gasteiger charge is -2.20. The van der Waals surface area contributed by atoms with Crippen LogP contribution in [0.3, 0.4) is 0 Å². The molecule has 7 nitrogen and oxygen atoms in total. The van der Waals surface area contributed by atoms with E-state index in [0.717, 1.165) is 19.4 Å². The number of nitrogens with one attached hydrogen (secondary N) is 2. The van der Waals surface area contributed by atoms with Crippen molar-refractivity contribution in [1.82, 2.24) is 20.8 Å². The van der Waals surface area contributed by atoms with Crippen molar-refractivity contribution in [3.63, 3.8) is 0 Å². The van der Waals surface area contributed by atoms with E-state index in [0.29, 0.717) is 24.7 Å². The van der Waals surface area contributed by atoms with Crippen molar-refractivity contribution in [2.45, 2.75) is 58.1 Å². The van der Waals surface area contributed by atoms with Gasteiger partial charge in [0.25, 0.3) is 0 Å². The van der Waals surface area contributed by atoms with Gasteiger partial charge in [0, 0.05) is 25.5 Å². The topological polar surface area (TPSA) is 89.3 Å². The average molecular weight is 296 g/mol. The van der Waals surface area contributed by atoms with Gasteiger partial charge >= 0.3 is 6.03 Å². The number of carbonyl (C=O) groups excluding carboxylic acids is 1. The SMILES string of the molecule is CC(C)c1noc(CCNC(=O)NC(C)C2CCCO2)n1. The molecule has 2 heterocycles. The standard InChI is InChI=1S/C14H24N4O3/c1-9(2)13-17-12(21-18-13)6-7-15-14(19)16-10(3)11-5-4-8-20-11/h9-11H,4-8H2,1-3H3,(H2,15,16,19). The summed E-state index contributed by atoms with van der Waals surface area (Å²) >= 11 is 0. The number of carbonyl (C=O) groups is 1. The fourth-order valence-electron chi connectivity index (χ4n) is 2.23. The minimum atomic E-state index is -0.193. The van der Waals surface area contributed by atoms with Crippen molar-refractivity contribution in [2.75, 3.05) is 13.2 Å². The minimum absolute atomic E-state index is 0.0171. The van der Waals surface area contributed by atoms with E-state index in [1.807, 2.05) is 20.8 Å². The summed E-state index contributed by atoms with van der Waals surface area (Å²) in [6.45, 7) is 7.22. The molecule has 0 aromatic carbocycles. The van der Waals surface area contributed by atoms with Crippen molar-refractivity contribution in [2.24, 2.45) is 0 Å². The third-order valence-corrected chi connectivity index (χ3v) is 3.51. The Hall–Kier alpha value is -1.63. The predicted octanol–water partition coefficient (Wildman–Crippen LogP) is 1.60. The molecule has 1 aliphatic rings. The third kappa shape index (κ3) is 4.70. The Kier molecular flexibility index (Phi) is 5.55. The fraction of sp³-hybridized carbons (Fsp3) is 0.786. The second-order valence-corrected chi connectivity index (χ2v) is 5.69. The van der Waals surface area contributed by atoms with E-state index in [4.69, 9.17) is 9.26 Å². The van der Waals surface area contributed by atoms with E-state index in [9.17, 15) is 4.79 Å². The minimum Gasteiger partial charge on any atom is -0.376 e. The van der Waals surface area contributed by atoms with Gasteiger partial charge in [0.2, 0.25) is 5.89 Å². The third-order valence-electron chi connectivity index (χ3n) is 3.51. The van der Waals surface area contributed by atoms with Crippen LogP contribution in [0.1, 0.15) is 51.2 Å². The maximum absolute atomic E-state index is 11.8. The second kappa shape index (κ2) is 7.40. The molecule has 2 N–H and O–H groups in total. The number of amides is 2. The highest BCUT2D eigenvalue weighted by Crippen LogP contribution is 2.15. The van der Waals surface area contributed by atoms with Crippen molar-refractivity contribution in [1.29, 1.82) is 0 Å². The van der Waals surface area contributed by atoms with Crippen molar-refractivity contribution >= 4 is 6.03 Å². The molecule has 7 heteroatoms. The lowest BCUT2D eigenvalue weighted by atomic mass is 10.1. The molecule has 0 aliphatic carbocycles. The van der Waals surface area contributed by atoms with Crippen LogP contribution in [0, 0.1) is 0 Å². The van der Waals surface area contributed by atoms with Gasteiger partial charge in [0.1, 0.15) is 0 Å². The zero-order valence-corrected chi connectivity index (χ0v) is 12.9. The Balaban J connectivity index is 1.66. The van der Waals surface area contributed by atoms with Gasteiger partial charge in [-0.25, -0.2) is 4.79 Å². The molecular formula is C14H24N4O3. The van der Waals surface area contributed by atoms with Crippen LogP contribution in [0.15, 0.2) is 4.52 Å². The lowest BCUT2D eigenvalue weighted by molar-refractivity contribution is 0.0860. The number of nitrogens with zero attached hydrogens (tertiary/aromatic N) is 2. The van der Waals surface area contributed by atoms with E-state index in [-0.39, 0.29) is 24.1 Å². The highest BCUT2D eigenvalue weighted by Gasteiger charge is 2.23. The van der Waals surface area contributed by atoms with Gasteiger partial charge in [-0.2, -0.15) is 4.98 Å². The molecule has 1 aromatic rings. The Bertz CT molecular complexity index is 455. The Morgan fingerprint density at radius 1 is 1.43 bits per heavy atom. The molecule has 2 rings (SSSR count). The van der Waals surface area contributed by atoms with E-state index >= 15 is 0 Å². The van der Waals surface area contributed by atoms with Crippen LogP contribution in [0.25, 0.3) is 0 Å². The smallest absolute Gasteiger partial charge is 0.315 e. The molecule has 118 valence electrons. The normalized spacial score (nSPS) is 19.7. The van der Waals surface area contributed by atoms with E-state index in [1.54, 1.807) is 0 Å². The Labute approximate surface area is 124 Å². The molecule has 0 radical (unpaired) electrons. The van der Waals surface area contributed by atoms with Crippen LogP contribution in [0.5, 0.6) is 0 Å². The van der Waals surface area contributed by atoms with Crippen LogP contribution >= 0.6 is 0 Å². The summed E-state index contributed by atoms with van der Waals surface area (Å²) in [6, 6.07) is -0.176. The van der Waals surface area contributed by atoms with Gasteiger partial charge in [-0.15, -0.1) is 0 Å². The fourth-order valence-corrected chi connectivity index (χ4v) is 2.23. The average Bonchev–Trinajstić information content (AvgIpc) is 3.10. The summed E-state index contributed by atoms with van der Waals surface area (Å²) in [5, 5.41) is 9.56. The van der Waals surface area contributed by atoms with Crippen LogP contribution in [0.2, 0.25) is 0 Å². The van der Waals surface area contributed by atoms with Crippen LogP contribution in [0.4, 0.5) is 4.79 Å². The summed E-state index contributed by atoms with van der Waals surface area (Å²) in [4.78, 5) is 16.0. The number of ether oxygens (including phenoxy) is 1. The van der Waals surface area contributed by atoms with Gasteiger partial charge in [-0.1, -0.05) is 19.0 Å². The Morgan fingerprint density at radius 3 is 2.86 bits per heavy atom. The van der Waals surface area contributed by atoms with Gasteiger partial charge in [-0.05, 0) is 19.8 Å². The molecule has 2 atom stereocenters. The highest BCUT2D eigenvalue weighted by atomic mass is 16.5. The van der Waals surface area contributed by atoms with Gasteiger partial charge in [0.15, 0.2) is 5.82 Å². The molecule has 2 unspecified atom stereocenters. The van der Waals surface area contributed by atoms with Crippen LogP contribution in [-0.4, -0.2) is 41.5 Å². The van der Waals surface area contributed by atoms with E-state index in [1.165, 1.54) is 0 Å². The molecular weight excluding hydrogens is 272 g/mol. The zero-order valence-electron chi connectivity index (χ0n) is 12.9. The van der Waals surface area contributed by atoms with Gasteiger partial charge in [0.05, 0.1) is 12.1 Å². The summed E-state index contributed by atoms with van der Waals surface area (Å²) in [6.07, 6.45) is 2.72. The number of hydrogen-bond acceptors (Lipinski definition) is 5.